The van der Waals surface area contributed by atoms with Crippen LogP contribution in [0.25, 0.3) is 0 Å². The Hall–Kier alpha value is -1.03. The van der Waals surface area contributed by atoms with Crippen LogP contribution in [0, 0.1) is 0 Å². The third-order valence-corrected chi connectivity index (χ3v) is 22.7. The van der Waals surface area contributed by atoms with Gasteiger partial charge in [0.05, 0.1) is 46.2 Å². The van der Waals surface area contributed by atoms with Gasteiger partial charge in [-0.2, -0.15) is 58.9 Å². The second-order valence-electron chi connectivity index (χ2n) is 26.3. The fourth-order valence-electron chi connectivity index (χ4n) is 14.8. The summed E-state index contributed by atoms with van der Waals surface area (Å²) in [5.74, 6) is 0. The van der Waals surface area contributed by atoms with Gasteiger partial charge in [-0.1, -0.05) is 0 Å². The van der Waals surface area contributed by atoms with Gasteiger partial charge in [0.25, 0.3) is 0 Å². The SMILES string of the molecule is CO[C@@H]1[C@@H](OC)[C@H]2O[C@H]3[C@H](OC)[C@@H](OC)[C@@H](O[C@H]4[C@H](OC)[C@@H](OC)[C@@H](O[C@H]5[C@H](OC)[C@@H](OC)[C@@H](O[C@H]6[C@H](OC)[C@@H](OC)[C@@H](O[C@H]7[C@H](OC)[C@@H](OC)[C@@H](O[C@H]8[C@H](OC)[C@@H](OC)[C@@H](O[C@@H]1[C@@H](COS(=O)(=O)O)O2)O[C@@H]8COS(=O)(=O)O)O[C@@H]7COS(=O)(=O)O)O[C@@H]6COS(=O)(=O)O)O[C@@H]5COS(=O)(=O)O)O[C@@H]4COS(=O)(=O)O)O[C@@H]3COS(=O)(=O)O.[Na]. The Balaban J connectivity index is 0.0000198. The molecule has 701 valence electrons. The molecule has 0 aromatic rings. The molecule has 21 heterocycles. The summed E-state index contributed by atoms with van der Waals surface area (Å²) in [4.78, 5) is 0. The van der Waals surface area contributed by atoms with Crippen LogP contribution in [0.1, 0.15) is 0 Å². The maximum absolute atomic E-state index is 12.5. The molecule has 21 aliphatic rings. The van der Waals surface area contributed by atoms with Crippen molar-refractivity contribution in [2.75, 3.05) is 146 Å². The number of ether oxygens (including phenoxy) is 28. The molecule has 1 radical (unpaired) electrons. The fraction of sp³-hybridized carbons (Fsp3) is 1.00. The van der Waals surface area contributed by atoms with E-state index in [1.54, 1.807) is 0 Å². The first-order valence-corrected chi connectivity index (χ1v) is 44.2. The summed E-state index contributed by atoms with van der Waals surface area (Å²) in [5, 5.41) is 0. The molecule has 35 atom stereocenters. The average molecular weight is 1910 g/mol. The van der Waals surface area contributed by atoms with Crippen molar-refractivity contribution in [1.29, 1.82) is 0 Å². The summed E-state index contributed by atoms with van der Waals surface area (Å²) in [7, 11) is -23.9. The Kier molecular flexibility index (Phi) is 40.4. The second kappa shape index (κ2) is 45.7. The zero-order valence-corrected chi connectivity index (χ0v) is 73.9. The van der Waals surface area contributed by atoms with Gasteiger partial charge in [-0.25, -0.2) is 29.3 Å². The van der Waals surface area contributed by atoms with E-state index in [-0.39, 0.29) is 29.6 Å². The van der Waals surface area contributed by atoms with Crippen LogP contribution in [0.4, 0.5) is 0 Å². The van der Waals surface area contributed by atoms with Crippen molar-refractivity contribution >= 4 is 102 Å². The van der Waals surface area contributed by atoms with Gasteiger partial charge in [0.15, 0.2) is 44.0 Å². The summed E-state index contributed by atoms with van der Waals surface area (Å²) >= 11 is 0. The maximum atomic E-state index is 12.5. The predicted octanol–water partition coefficient (Wildman–Crippen LogP) is -7.66. The average Bonchev–Trinajstić information content (AvgIpc) is 0.766. The van der Waals surface area contributed by atoms with Crippen molar-refractivity contribution in [3.63, 3.8) is 0 Å². The molecule has 0 saturated carbocycles. The van der Waals surface area contributed by atoms with Gasteiger partial charge in [-0.15, -0.1) is 0 Å². The van der Waals surface area contributed by atoms with E-state index in [1.807, 2.05) is 0 Å². The molecule has 120 heavy (non-hydrogen) atoms. The molecule has 0 aromatic carbocycles. The van der Waals surface area contributed by atoms with Crippen molar-refractivity contribution in [1.82, 2.24) is 0 Å². The van der Waals surface area contributed by atoms with E-state index < -0.39 is 334 Å². The van der Waals surface area contributed by atoms with E-state index >= 15 is 0 Å². The molecule has 7 N–H and O–H groups in total. The first kappa shape index (κ1) is 106. The molecule has 14 bridgehead atoms. The van der Waals surface area contributed by atoms with Crippen LogP contribution in [0.2, 0.25) is 0 Å². The van der Waals surface area contributed by atoms with Crippen molar-refractivity contribution in [2.24, 2.45) is 0 Å². The van der Waals surface area contributed by atoms with Gasteiger partial charge in [0.2, 0.25) is 0 Å². The molecule has 21 aliphatic heterocycles. The summed E-state index contributed by atoms with van der Waals surface area (Å²) in [6.45, 7) is -9.08. The van der Waals surface area contributed by atoms with Crippen LogP contribution in [0.15, 0.2) is 0 Å². The van der Waals surface area contributed by atoms with Crippen molar-refractivity contribution in [3.8, 4) is 0 Å². The van der Waals surface area contributed by atoms with E-state index in [1.165, 1.54) is 0 Å². The fourth-order valence-corrected chi connectivity index (χ4v) is 16.9. The summed E-state index contributed by atoms with van der Waals surface area (Å²) in [6.07, 6.45) is -66.4. The number of hydrogen-bond donors (Lipinski definition) is 7. The molecule has 0 spiro atoms. The molecular weight excluding hydrogens is 1820 g/mol. The zero-order chi connectivity index (χ0) is 88.4. The van der Waals surface area contributed by atoms with Crippen LogP contribution >= 0.6 is 0 Å². The standard InChI is InChI=1S/C56H98O56S7.Na/c1-78-36-29-22(15-92-113(57,58)59)99-50(43(36)85-8)107-30-23(16-93-114(60,61)62)101-52(45(87-10)37(30)79-2)109-32-25(18-95-116(66,67)68)103-54(47(89-12)39(32)81-4)111-34-27(20-97-118(72,73)74)105-56(49(91-14)41(34)83-6)112-35-28(21-98-119(75,76)77)104-55(48(90-13)42(35)84-7)110-33-26(19-96-117(69,70)71)102-53(46(88-11)40(33)82-5)108-31-24(17-94-115(63,64)65)100-51(106-29)44(86-9)38(31)80-3;/h22-56H,15-21H2,1-14H3,(H,57,58,59)(H,60,61,62)(H,63,64,65)(H,66,67,68)(H,69,70,71)(H,72,73,74)(H,75,76,77);/t22-,23-,24-,25-,26-,27-,28-,29-,30-,31-,32-,33-,34-,35-,36+,37+,38+,39+,40+,41+,42+,43-,44-,45-,46-,47-,48-,49-,50-,51-,52-,53-,54-,55-,56-;/m1./s1. The molecule has 0 aliphatic carbocycles. The van der Waals surface area contributed by atoms with Gasteiger partial charge in [-0.3, -0.25) is 31.9 Å². The largest absolute Gasteiger partial charge is 0.397 e. The smallest absolute Gasteiger partial charge is 0.376 e. The van der Waals surface area contributed by atoms with E-state index in [9.17, 15) is 90.8 Å². The second-order valence-corrected chi connectivity index (χ2v) is 33.9. The Bertz CT molecular complexity index is 3290. The summed E-state index contributed by atoms with van der Waals surface area (Å²) in [5.41, 5.74) is 0. The van der Waals surface area contributed by atoms with Crippen LogP contribution in [-0.2, 0) is 235 Å². The van der Waals surface area contributed by atoms with E-state index in [0.29, 0.717) is 0 Å². The maximum Gasteiger partial charge on any atom is 0.397 e. The quantitative estimate of drug-likeness (QED) is 0.0229. The van der Waals surface area contributed by atoms with Crippen LogP contribution in [-0.4, -0.2) is 481 Å². The van der Waals surface area contributed by atoms with Crippen LogP contribution in [0.5, 0.6) is 0 Å². The number of rotatable bonds is 35. The monoisotopic (exact) mass is 1910 g/mol. The molecule has 64 heteroatoms. The van der Waals surface area contributed by atoms with Gasteiger partial charge < -0.3 is 133 Å². The molecule has 0 amide bonds. The minimum absolute atomic E-state index is 0. The third kappa shape index (κ3) is 28.0. The van der Waals surface area contributed by atoms with Crippen molar-refractivity contribution in [2.45, 2.75) is 215 Å². The minimum atomic E-state index is -5.50. The van der Waals surface area contributed by atoms with Crippen molar-refractivity contribution in [3.05, 3.63) is 0 Å². The predicted molar refractivity (Wildman–Crippen MR) is 374 cm³/mol. The first-order valence-electron chi connectivity index (χ1n) is 34.6. The zero-order valence-electron chi connectivity index (χ0n) is 66.1. The van der Waals surface area contributed by atoms with Crippen LogP contribution in [0.3, 0.4) is 0 Å². The molecular formula is C56H98NaO56S7. The molecule has 21 rings (SSSR count). The van der Waals surface area contributed by atoms with Gasteiger partial charge in [-0.05, 0) is 0 Å². The number of methoxy groups -OCH3 is 14. The first-order chi connectivity index (χ1) is 55.7. The van der Waals surface area contributed by atoms with Crippen molar-refractivity contribution < 1.29 is 253 Å². The summed E-state index contributed by atoms with van der Waals surface area (Å²) < 4.78 is 453. The minimum Gasteiger partial charge on any atom is -0.376 e. The topological polar surface area (TPSA) is 704 Å². The van der Waals surface area contributed by atoms with Gasteiger partial charge >= 0.3 is 72.8 Å². The van der Waals surface area contributed by atoms with Gasteiger partial charge in [0.1, 0.15) is 171 Å². The van der Waals surface area contributed by atoms with Gasteiger partial charge in [0, 0.05) is 129 Å². The number of hydrogen-bond acceptors (Lipinski definition) is 49. The molecule has 0 aromatic heterocycles. The third-order valence-electron chi connectivity index (χ3n) is 19.7. The van der Waals surface area contributed by atoms with E-state index in [2.05, 4.69) is 0 Å². The van der Waals surface area contributed by atoms with E-state index in [0.717, 1.165) is 99.5 Å². The summed E-state index contributed by atoms with van der Waals surface area (Å²) in [6, 6.07) is 0. The molecule has 0 unspecified atom stereocenters. The molecule has 21 fully saturated rings. The molecule has 21 saturated heterocycles. The Labute approximate surface area is 711 Å². The Morgan fingerprint density at radius 3 is 0.342 bits per heavy atom. The Morgan fingerprint density at radius 2 is 0.267 bits per heavy atom. The Morgan fingerprint density at radius 1 is 0.175 bits per heavy atom. The van der Waals surface area contributed by atoms with Crippen LogP contribution < -0.4 is 0 Å². The molecule has 56 nitrogen and oxygen atoms in total. The van der Waals surface area contributed by atoms with E-state index in [4.69, 9.17) is 162 Å². The normalized spacial score (nSPS) is 40.7.